The number of hydrogen-bond donors (Lipinski definition) is 1. The summed E-state index contributed by atoms with van der Waals surface area (Å²) < 4.78 is 0. The Balaban J connectivity index is 2.39. The van der Waals surface area contributed by atoms with Crippen LogP contribution in [0.5, 0.6) is 0 Å². The van der Waals surface area contributed by atoms with Crippen LogP contribution in [-0.4, -0.2) is 13.6 Å². The molecule has 1 heteroatoms. The van der Waals surface area contributed by atoms with Crippen LogP contribution < -0.4 is 5.32 Å². The highest BCUT2D eigenvalue weighted by molar-refractivity contribution is 5.37. The maximum atomic E-state index is 3.40. The van der Waals surface area contributed by atoms with Crippen LogP contribution in [0.3, 0.4) is 0 Å². The van der Waals surface area contributed by atoms with Crippen LogP contribution in [0.1, 0.15) is 43.7 Å². The van der Waals surface area contributed by atoms with Crippen molar-refractivity contribution in [1.29, 1.82) is 0 Å². The number of likely N-dealkylation sites (N-methyl/N-ethyl adjacent to an activating group) is 1. The first kappa shape index (κ1) is 11.7. The Hall–Kier alpha value is -0.820. The van der Waals surface area contributed by atoms with Gasteiger partial charge in [-0.3, -0.25) is 0 Å². The van der Waals surface area contributed by atoms with Gasteiger partial charge in [0.15, 0.2) is 0 Å². The standard InChI is InChI=1S/C15H23N/c1-3-10-15(12-16-2)11-6-8-13-7-4-5-9-14(13)15/h4-5,7,9,16H,3,6,8,10-12H2,1-2H3. The zero-order chi connectivity index (χ0) is 11.4. The Morgan fingerprint density at radius 2 is 2.12 bits per heavy atom. The fourth-order valence-corrected chi connectivity index (χ4v) is 3.36. The van der Waals surface area contributed by atoms with Gasteiger partial charge in [0.2, 0.25) is 0 Å². The lowest BCUT2D eigenvalue weighted by Crippen LogP contribution is -2.39. The van der Waals surface area contributed by atoms with E-state index in [4.69, 9.17) is 0 Å². The zero-order valence-electron chi connectivity index (χ0n) is 10.6. The van der Waals surface area contributed by atoms with Gasteiger partial charge in [-0.1, -0.05) is 37.6 Å². The highest BCUT2D eigenvalue weighted by Crippen LogP contribution is 2.40. The van der Waals surface area contributed by atoms with Crippen molar-refractivity contribution in [3.05, 3.63) is 35.4 Å². The van der Waals surface area contributed by atoms with Crippen molar-refractivity contribution in [1.82, 2.24) is 5.32 Å². The molecule has 88 valence electrons. The molecule has 1 nitrogen and oxygen atoms in total. The van der Waals surface area contributed by atoms with Gasteiger partial charge in [-0.25, -0.2) is 0 Å². The number of hydrogen-bond acceptors (Lipinski definition) is 1. The largest absolute Gasteiger partial charge is 0.319 e. The summed E-state index contributed by atoms with van der Waals surface area (Å²) in [6.07, 6.45) is 6.55. The second-order valence-corrected chi connectivity index (χ2v) is 5.07. The minimum atomic E-state index is 0.401. The topological polar surface area (TPSA) is 12.0 Å². The molecular weight excluding hydrogens is 194 g/mol. The molecule has 0 bridgehead atoms. The molecule has 0 heterocycles. The number of benzene rings is 1. The third-order valence-corrected chi connectivity index (χ3v) is 3.93. The Labute approximate surface area is 99.3 Å². The Morgan fingerprint density at radius 3 is 2.88 bits per heavy atom. The lowest BCUT2D eigenvalue weighted by molar-refractivity contribution is 0.321. The van der Waals surface area contributed by atoms with E-state index in [0.717, 1.165) is 6.54 Å². The second kappa shape index (κ2) is 5.01. The summed E-state index contributed by atoms with van der Waals surface area (Å²) in [5, 5.41) is 3.40. The summed E-state index contributed by atoms with van der Waals surface area (Å²) in [4.78, 5) is 0. The molecule has 1 aromatic rings. The minimum Gasteiger partial charge on any atom is -0.319 e. The highest BCUT2D eigenvalue weighted by atomic mass is 14.8. The van der Waals surface area contributed by atoms with Gasteiger partial charge in [0, 0.05) is 12.0 Å². The molecule has 1 aliphatic carbocycles. The van der Waals surface area contributed by atoms with Gasteiger partial charge in [-0.05, 0) is 43.9 Å². The zero-order valence-corrected chi connectivity index (χ0v) is 10.6. The lowest BCUT2D eigenvalue weighted by Gasteiger charge is -2.39. The van der Waals surface area contributed by atoms with E-state index in [2.05, 4.69) is 43.6 Å². The summed E-state index contributed by atoms with van der Waals surface area (Å²) in [5.74, 6) is 0. The fourth-order valence-electron chi connectivity index (χ4n) is 3.36. The van der Waals surface area contributed by atoms with Crippen LogP contribution in [0.4, 0.5) is 0 Å². The van der Waals surface area contributed by atoms with Gasteiger partial charge in [0.05, 0.1) is 0 Å². The summed E-state index contributed by atoms with van der Waals surface area (Å²) in [7, 11) is 2.08. The third kappa shape index (κ3) is 2.01. The van der Waals surface area contributed by atoms with Gasteiger partial charge in [-0.2, -0.15) is 0 Å². The Bertz CT molecular complexity index is 337. The molecule has 1 aromatic carbocycles. The van der Waals surface area contributed by atoms with E-state index in [1.54, 1.807) is 11.1 Å². The molecule has 1 N–H and O–H groups in total. The normalized spacial score (nSPS) is 24.1. The quantitative estimate of drug-likeness (QED) is 0.816. The molecule has 0 saturated heterocycles. The first-order valence-electron chi connectivity index (χ1n) is 6.55. The molecule has 0 amide bonds. The van der Waals surface area contributed by atoms with Crippen LogP contribution in [0.2, 0.25) is 0 Å². The summed E-state index contributed by atoms with van der Waals surface area (Å²) in [6, 6.07) is 9.04. The van der Waals surface area contributed by atoms with Crippen molar-refractivity contribution in [2.75, 3.05) is 13.6 Å². The van der Waals surface area contributed by atoms with Crippen molar-refractivity contribution < 1.29 is 0 Å². The predicted molar refractivity (Wildman–Crippen MR) is 69.9 cm³/mol. The summed E-state index contributed by atoms with van der Waals surface area (Å²) >= 11 is 0. The smallest absolute Gasteiger partial charge is 0.00804 e. The molecule has 1 unspecified atom stereocenters. The van der Waals surface area contributed by atoms with E-state index in [-0.39, 0.29) is 0 Å². The van der Waals surface area contributed by atoms with Crippen LogP contribution in [0.25, 0.3) is 0 Å². The predicted octanol–water partition coefficient (Wildman–Crippen LogP) is 3.28. The molecule has 0 saturated carbocycles. The average Bonchev–Trinajstić information content (AvgIpc) is 2.30. The average molecular weight is 217 g/mol. The van der Waals surface area contributed by atoms with E-state index in [0.29, 0.717) is 5.41 Å². The molecule has 1 aliphatic rings. The van der Waals surface area contributed by atoms with E-state index in [1.165, 1.54) is 32.1 Å². The molecule has 16 heavy (non-hydrogen) atoms. The van der Waals surface area contributed by atoms with Crippen LogP contribution in [0, 0.1) is 0 Å². The number of fused-ring (bicyclic) bond motifs is 1. The van der Waals surface area contributed by atoms with Gasteiger partial charge in [0.1, 0.15) is 0 Å². The van der Waals surface area contributed by atoms with E-state index >= 15 is 0 Å². The Kier molecular flexibility index (Phi) is 3.65. The minimum absolute atomic E-state index is 0.401. The van der Waals surface area contributed by atoms with Crippen molar-refractivity contribution in [3.8, 4) is 0 Å². The SMILES string of the molecule is CCCC1(CNC)CCCc2ccccc21. The summed E-state index contributed by atoms with van der Waals surface area (Å²) in [6.45, 7) is 3.42. The van der Waals surface area contributed by atoms with Crippen molar-refractivity contribution in [2.45, 2.75) is 44.4 Å². The van der Waals surface area contributed by atoms with E-state index in [1.807, 2.05) is 0 Å². The van der Waals surface area contributed by atoms with Gasteiger partial charge >= 0.3 is 0 Å². The fraction of sp³-hybridized carbons (Fsp3) is 0.600. The molecule has 0 aliphatic heterocycles. The number of nitrogens with one attached hydrogen (secondary N) is 1. The molecular formula is C15H23N. The van der Waals surface area contributed by atoms with Gasteiger partial charge < -0.3 is 5.32 Å². The lowest BCUT2D eigenvalue weighted by atomic mass is 9.67. The molecule has 0 radical (unpaired) electrons. The highest BCUT2D eigenvalue weighted by Gasteiger charge is 2.34. The van der Waals surface area contributed by atoms with Crippen LogP contribution in [-0.2, 0) is 11.8 Å². The van der Waals surface area contributed by atoms with Gasteiger partial charge in [0.25, 0.3) is 0 Å². The second-order valence-electron chi connectivity index (χ2n) is 5.07. The number of rotatable bonds is 4. The van der Waals surface area contributed by atoms with Crippen LogP contribution >= 0.6 is 0 Å². The van der Waals surface area contributed by atoms with E-state index in [9.17, 15) is 0 Å². The molecule has 0 fully saturated rings. The van der Waals surface area contributed by atoms with Crippen molar-refractivity contribution in [3.63, 3.8) is 0 Å². The molecule has 2 rings (SSSR count). The van der Waals surface area contributed by atoms with Crippen LogP contribution in [0.15, 0.2) is 24.3 Å². The number of aryl methyl sites for hydroxylation is 1. The monoisotopic (exact) mass is 217 g/mol. The maximum absolute atomic E-state index is 3.40. The summed E-state index contributed by atoms with van der Waals surface area (Å²) in [5.41, 5.74) is 3.59. The molecule has 0 spiro atoms. The molecule has 1 atom stereocenters. The van der Waals surface area contributed by atoms with Crippen molar-refractivity contribution >= 4 is 0 Å². The Morgan fingerprint density at radius 1 is 1.31 bits per heavy atom. The first-order valence-corrected chi connectivity index (χ1v) is 6.55. The molecule has 0 aromatic heterocycles. The first-order chi connectivity index (χ1) is 7.82. The van der Waals surface area contributed by atoms with Gasteiger partial charge in [-0.15, -0.1) is 0 Å². The maximum Gasteiger partial charge on any atom is 0.00804 e. The van der Waals surface area contributed by atoms with Crippen molar-refractivity contribution in [2.24, 2.45) is 0 Å². The third-order valence-electron chi connectivity index (χ3n) is 3.93. The van der Waals surface area contributed by atoms with E-state index < -0.39 is 0 Å².